The first-order valence-corrected chi connectivity index (χ1v) is 15.1. The molecule has 0 saturated heterocycles. The van der Waals surface area contributed by atoms with Crippen molar-refractivity contribution in [3.63, 3.8) is 0 Å². The Morgan fingerprint density at radius 3 is 1.64 bits per heavy atom. The van der Waals surface area contributed by atoms with Crippen molar-refractivity contribution in [2.75, 3.05) is 24.6 Å². The first-order chi connectivity index (χ1) is 5.12. The van der Waals surface area contributed by atoms with Gasteiger partial charge in [0.1, 0.15) is 0 Å². The third kappa shape index (κ3) is 7.52. The standard InChI is InChI=1S/C6H18GeN2S2/c1-7(2,10-5-3-8)11-6-4-9/h3-6,8-9H2,1-2H3. The molecule has 11 heavy (non-hydrogen) atoms. The van der Waals surface area contributed by atoms with Crippen LogP contribution in [-0.4, -0.2) is 35.6 Å². The van der Waals surface area contributed by atoms with E-state index in [9.17, 15) is 0 Å². The van der Waals surface area contributed by atoms with Gasteiger partial charge in [-0.3, -0.25) is 0 Å². The summed E-state index contributed by atoms with van der Waals surface area (Å²) >= 11 is 0. The van der Waals surface area contributed by atoms with E-state index in [0.29, 0.717) is 0 Å². The molecule has 0 atom stereocenters. The normalized spacial score (nSPS) is 12.0. The topological polar surface area (TPSA) is 52.0 Å². The molecule has 0 bridgehead atoms. The summed E-state index contributed by atoms with van der Waals surface area (Å²) in [5.41, 5.74) is 10.9. The Hall–Kier alpha value is 1.16. The summed E-state index contributed by atoms with van der Waals surface area (Å²) in [5, 5.41) is 0. The third-order valence-corrected chi connectivity index (χ3v) is 18.4. The van der Waals surface area contributed by atoms with E-state index >= 15 is 0 Å². The fourth-order valence-corrected chi connectivity index (χ4v) is 14.0. The molecule has 5 heteroatoms. The maximum absolute atomic E-state index is 5.44. The molecule has 0 aromatic carbocycles. The summed E-state index contributed by atoms with van der Waals surface area (Å²) in [6.07, 6.45) is 0. The number of nitrogens with two attached hydrogens (primary N) is 2. The molecule has 2 nitrogen and oxygen atoms in total. The van der Waals surface area contributed by atoms with Crippen LogP contribution in [0.3, 0.4) is 0 Å². The van der Waals surface area contributed by atoms with Gasteiger partial charge in [-0.05, 0) is 0 Å². The first-order valence-electron chi connectivity index (χ1n) is 3.80. The molecule has 0 aliphatic heterocycles. The number of rotatable bonds is 6. The Morgan fingerprint density at radius 1 is 1.00 bits per heavy atom. The van der Waals surface area contributed by atoms with Crippen LogP contribution >= 0.6 is 20.2 Å². The van der Waals surface area contributed by atoms with Crippen LogP contribution in [0.1, 0.15) is 0 Å². The van der Waals surface area contributed by atoms with Gasteiger partial charge in [0.25, 0.3) is 0 Å². The van der Waals surface area contributed by atoms with Gasteiger partial charge < -0.3 is 0 Å². The fourth-order valence-electron chi connectivity index (χ4n) is 0.651. The van der Waals surface area contributed by atoms with Gasteiger partial charge in [0.05, 0.1) is 0 Å². The Kier molecular flexibility index (Phi) is 7.36. The molecular weight excluding hydrogens is 237 g/mol. The Balaban J connectivity index is 3.43. The Labute approximate surface area is 78.6 Å². The van der Waals surface area contributed by atoms with Crippen molar-refractivity contribution in [2.24, 2.45) is 11.5 Å². The maximum atomic E-state index is 5.44. The summed E-state index contributed by atoms with van der Waals surface area (Å²) < 4.78 is 0. The summed E-state index contributed by atoms with van der Waals surface area (Å²) in [5.74, 6) is 7.04. The van der Waals surface area contributed by atoms with E-state index in [-0.39, 0.29) is 0 Å². The second kappa shape index (κ2) is 6.65. The van der Waals surface area contributed by atoms with Gasteiger partial charge in [-0.25, -0.2) is 0 Å². The Bertz CT molecular complexity index is 90.6. The first kappa shape index (κ1) is 12.2. The van der Waals surface area contributed by atoms with E-state index in [4.69, 9.17) is 11.5 Å². The average Bonchev–Trinajstić information content (AvgIpc) is 1.97. The molecule has 0 fully saturated rings. The van der Waals surface area contributed by atoms with Crippen LogP contribution in [0.5, 0.6) is 0 Å². The van der Waals surface area contributed by atoms with Crippen LogP contribution in [-0.2, 0) is 0 Å². The van der Waals surface area contributed by atoms with Gasteiger partial charge in [-0.1, -0.05) is 0 Å². The van der Waals surface area contributed by atoms with E-state index in [1.165, 1.54) is 0 Å². The van der Waals surface area contributed by atoms with Gasteiger partial charge in [0.15, 0.2) is 0 Å². The SMILES string of the molecule is [CH3][Ge]([CH3])([S]CCN)[S]CCN. The average molecular weight is 255 g/mol. The van der Waals surface area contributed by atoms with Crippen LogP contribution in [0.25, 0.3) is 0 Å². The van der Waals surface area contributed by atoms with Crippen LogP contribution in [0.2, 0.25) is 11.5 Å². The molecule has 0 unspecified atom stereocenters. The zero-order chi connectivity index (χ0) is 8.74. The second-order valence-electron chi connectivity index (χ2n) is 2.67. The molecule has 0 aromatic rings. The molecule has 0 amide bonds. The monoisotopic (exact) mass is 256 g/mol. The van der Waals surface area contributed by atoms with Gasteiger partial charge >= 0.3 is 78.7 Å². The molecule has 0 aliphatic carbocycles. The molecule has 0 aliphatic rings. The van der Waals surface area contributed by atoms with Crippen LogP contribution in [0.4, 0.5) is 0 Å². The molecule has 0 saturated carbocycles. The van der Waals surface area contributed by atoms with Crippen molar-refractivity contribution in [1.82, 2.24) is 0 Å². The molecule has 0 rings (SSSR count). The minimum atomic E-state index is -1.54. The third-order valence-electron chi connectivity index (χ3n) is 1.14. The Morgan fingerprint density at radius 2 is 1.36 bits per heavy atom. The molecule has 4 N–H and O–H groups in total. The van der Waals surface area contributed by atoms with Crippen LogP contribution in [0, 0.1) is 0 Å². The zero-order valence-electron chi connectivity index (χ0n) is 7.30. The number of hydrogen-bond acceptors (Lipinski definition) is 4. The zero-order valence-corrected chi connectivity index (χ0v) is 11.0. The van der Waals surface area contributed by atoms with Crippen molar-refractivity contribution in [1.29, 1.82) is 0 Å². The second-order valence-corrected chi connectivity index (χ2v) is 25.5. The molecule has 68 valence electrons. The van der Waals surface area contributed by atoms with Crippen molar-refractivity contribution >= 4 is 31.2 Å². The van der Waals surface area contributed by atoms with Gasteiger partial charge in [0, 0.05) is 0 Å². The predicted octanol–water partition coefficient (Wildman–Crippen LogP) is 1.07. The molecule has 0 heterocycles. The van der Waals surface area contributed by atoms with Crippen molar-refractivity contribution in [3.05, 3.63) is 0 Å². The molecule has 0 radical (unpaired) electrons. The van der Waals surface area contributed by atoms with E-state index < -0.39 is 11.0 Å². The number of hydrogen-bond donors (Lipinski definition) is 2. The van der Waals surface area contributed by atoms with E-state index in [1.54, 1.807) is 0 Å². The van der Waals surface area contributed by atoms with Gasteiger partial charge in [-0.2, -0.15) is 0 Å². The van der Waals surface area contributed by atoms with Crippen LogP contribution < -0.4 is 11.5 Å². The van der Waals surface area contributed by atoms with Gasteiger partial charge in [0.2, 0.25) is 0 Å². The van der Waals surface area contributed by atoms with Crippen molar-refractivity contribution < 1.29 is 0 Å². The summed E-state index contributed by atoms with van der Waals surface area (Å²) in [6.45, 7) is 1.62. The minimum absolute atomic E-state index is 0.808. The quantitative estimate of drug-likeness (QED) is 0.697. The predicted molar refractivity (Wildman–Crippen MR) is 60.5 cm³/mol. The van der Waals surface area contributed by atoms with E-state index in [1.807, 2.05) is 0 Å². The molecule has 0 spiro atoms. The summed E-state index contributed by atoms with van der Waals surface area (Å²) in [6, 6.07) is 0. The summed E-state index contributed by atoms with van der Waals surface area (Å²) in [7, 11) is 2.63. The van der Waals surface area contributed by atoms with E-state index in [0.717, 1.165) is 24.6 Å². The van der Waals surface area contributed by atoms with Crippen molar-refractivity contribution in [2.45, 2.75) is 11.5 Å². The molecular formula is C6H18GeN2S2. The van der Waals surface area contributed by atoms with Gasteiger partial charge in [-0.15, -0.1) is 0 Å². The van der Waals surface area contributed by atoms with Crippen molar-refractivity contribution in [3.8, 4) is 0 Å². The van der Waals surface area contributed by atoms with Crippen LogP contribution in [0.15, 0.2) is 0 Å². The fraction of sp³-hybridized carbons (Fsp3) is 1.00. The molecule has 0 aromatic heterocycles. The summed E-state index contributed by atoms with van der Waals surface area (Å²) in [4.78, 5) is 0. The van der Waals surface area contributed by atoms with E-state index in [2.05, 4.69) is 31.7 Å².